The highest BCUT2D eigenvalue weighted by Gasteiger charge is 2.32. The van der Waals surface area contributed by atoms with E-state index >= 15 is 0 Å². The van der Waals surface area contributed by atoms with Gasteiger partial charge in [-0.1, -0.05) is 28.8 Å². The Morgan fingerprint density at radius 3 is 2.67 bits per heavy atom. The number of hydrogen-bond donors (Lipinski definition) is 1. The molecule has 0 aliphatic heterocycles. The van der Waals surface area contributed by atoms with Crippen molar-refractivity contribution in [2.45, 2.75) is 31.3 Å². The molecule has 1 N–H and O–H groups in total. The molecule has 0 radical (unpaired) electrons. The number of anilines is 1. The van der Waals surface area contributed by atoms with Gasteiger partial charge >= 0.3 is 0 Å². The van der Waals surface area contributed by atoms with Crippen molar-refractivity contribution in [1.82, 2.24) is 0 Å². The quantitative estimate of drug-likeness (QED) is 0.933. The maximum absolute atomic E-state index is 10.4. The highest BCUT2D eigenvalue weighted by molar-refractivity contribution is 9.10. The van der Waals surface area contributed by atoms with E-state index in [1.807, 2.05) is 24.1 Å². The van der Waals surface area contributed by atoms with E-state index in [1.165, 1.54) is 0 Å². The number of aliphatic hydroxyl groups is 1. The van der Waals surface area contributed by atoms with E-state index in [-0.39, 0.29) is 0 Å². The first-order chi connectivity index (χ1) is 8.52. The number of halogens is 1. The summed E-state index contributed by atoms with van der Waals surface area (Å²) in [4.78, 5) is 2.02. The number of rotatable bonds is 3. The Labute approximate surface area is 116 Å². The second kappa shape index (κ2) is 5.29. The molecule has 1 aliphatic rings. The molecule has 18 heavy (non-hydrogen) atoms. The maximum atomic E-state index is 10.4. The van der Waals surface area contributed by atoms with Crippen molar-refractivity contribution in [2.75, 3.05) is 18.5 Å². The first kappa shape index (κ1) is 13.4. The predicted octanol–water partition coefficient (Wildman–Crippen LogP) is 3.06. The third-order valence-corrected chi connectivity index (χ3v) is 3.98. The van der Waals surface area contributed by atoms with Crippen molar-refractivity contribution in [2.24, 2.45) is 0 Å². The molecule has 2 rings (SSSR count). The second-order valence-corrected chi connectivity index (χ2v) is 6.01. The number of hydrogen-bond acceptors (Lipinski definition) is 3. The van der Waals surface area contributed by atoms with E-state index in [2.05, 4.69) is 22.0 Å². The van der Waals surface area contributed by atoms with Gasteiger partial charge in [0, 0.05) is 23.8 Å². The standard InChI is InChI=1S/C14H17BrN2O/c1-17(10-14(18)4-2-3-5-14)13-7-11(9-16)6-12(15)8-13/h6-8,18H,2-5,10H2,1H3. The van der Waals surface area contributed by atoms with Gasteiger partial charge in [-0.15, -0.1) is 0 Å². The smallest absolute Gasteiger partial charge is 0.0992 e. The molecule has 1 aromatic carbocycles. The van der Waals surface area contributed by atoms with Gasteiger partial charge < -0.3 is 10.0 Å². The molecule has 1 aliphatic carbocycles. The Morgan fingerprint density at radius 2 is 2.06 bits per heavy atom. The Bertz CT molecular complexity index is 475. The lowest BCUT2D eigenvalue weighted by Crippen LogP contribution is -2.39. The fraction of sp³-hybridized carbons (Fsp3) is 0.500. The monoisotopic (exact) mass is 308 g/mol. The van der Waals surface area contributed by atoms with E-state index < -0.39 is 5.60 Å². The molecule has 0 heterocycles. The van der Waals surface area contributed by atoms with Crippen molar-refractivity contribution in [1.29, 1.82) is 5.26 Å². The SMILES string of the molecule is CN(CC1(O)CCCC1)c1cc(Br)cc(C#N)c1. The summed E-state index contributed by atoms with van der Waals surface area (Å²) in [6.07, 6.45) is 3.95. The average molecular weight is 309 g/mol. The summed E-state index contributed by atoms with van der Waals surface area (Å²) in [6.45, 7) is 0.619. The van der Waals surface area contributed by atoms with Gasteiger partial charge in [-0.3, -0.25) is 0 Å². The molecule has 3 nitrogen and oxygen atoms in total. The van der Waals surface area contributed by atoms with Gasteiger partial charge in [-0.25, -0.2) is 0 Å². The van der Waals surface area contributed by atoms with Crippen molar-refractivity contribution >= 4 is 21.6 Å². The predicted molar refractivity (Wildman–Crippen MR) is 75.5 cm³/mol. The first-order valence-corrected chi connectivity index (χ1v) is 6.96. The number of nitriles is 1. The summed E-state index contributed by atoms with van der Waals surface area (Å²) in [5.41, 5.74) is 1.02. The molecule has 0 saturated heterocycles. The topological polar surface area (TPSA) is 47.3 Å². The molecule has 0 amide bonds. The third-order valence-electron chi connectivity index (χ3n) is 3.52. The molecule has 1 saturated carbocycles. The molecule has 1 aromatic rings. The summed E-state index contributed by atoms with van der Waals surface area (Å²) < 4.78 is 0.891. The molecule has 0 atom stereocenters. The number of likely N-dealkylation sites (N-methyl/N-ethyl adjacent to an activating group) is 1. The lowest BCUT2D eigenvalue weighted by molar-refractivity contribution is 0.0559. The van der Waals surface area contributed by atoms with E-state index in [0.717, 1.165) is 35.8 Å². The van der Waals surface area contributed by atoms with Gasteiger partial charge in [0.2, 0.25) is 0 Å². The largest absolute Gasteiger partial charge is 0.388 e. The van der Waals surface area contributed by atoms with Crippen molar-refractivity contribution < 1.29 is 5.11 Å². The van der Waals surface area contributed by atoms with Crippen molar-refractivity contribution in [3.8, 4) is 6.07 Å². The van der Waals surface area contributed by atoms with E-state index in [0.29, 0.717) is 12.1 Å². The Balaban J connectivity index is 2.16. The van der Waals surface area contributed by atoms with E-state index in [1.54, 1.807) is 6.07 Å². The van der Waals surface area contributed by atoms with Crippen LogP contribution in [0.1, 0.15) is 31.2 Å². The van der Waals surface area contributed by atoms with Gasteiger partial charge in [0.25, 0.3) is 0 Å². The van der Waals surface area contributed by atoms with Crippen molar-refractivity contribution in [3.05, 3.63) is 28.2 Å². The zero-order valence-electron chi connectivity index (χ0n) is 10.5. The summed E-state index contributed by atoms with van der Waals surface area (Å²) in [6, 6.07) is 7.76. The molecular weight excluding hydrogens is 292 g/mol. The summed E-state index contributed by atoms with van der Waals surface area (Å²) in [5, 5.41) is 19.4. The van der Waals surface area contributed by atoms with Crippen LogP contribution in [0.5, 0.6) is 0 Å². The molecule has 0 unspecified atom stereocenters. The van der Waals surface area contributed by atoms with Crippen LogP contribution in [0.3, 0.4) is 0 Å². The zero-order chi connectivity index (χ0) is 13.2. The van der Waals surface area contributed by atoms with Gasteiger partial charge in [-0.2, -0.15) is 5.26 Å². The first-order valence-electron chi connectivity index (χ1n) is 6.17. The van der Waals surface area contributed by atoms with Crippen LogP contribution in [-0.4, -0.2) is 24.3 Å². The van der Waals surface area contributed by atoms with Crippen LogP contribution < -0.4 is 4.90 Å². The van der Waals surface area contributed by atoms with Crippen LogP contribution in [0, 0.1) is 11.3 Å². The average Bonchev–Trinajstić information content (AvgIpc) is 2.74. The van der Waals surface area contributed by atoms with Crippen LogP contribution in [-0.2, 0) is 0 Å². The maximum Gasteiger partial charge on any atom is 0.0992 e. The molecule has 1 fully saturated rings. The molecule has 0 aromatic heterocycles. The number of nitrogens with zero attached hydrogens (tertiary/aromatic N) is 2. The minimum atomic E-state index is -0.566. The molecule has 4 heteroatoms. The van der Waals surface area contributed by atoms with Crippen molar-refractivity contribution in [3.63, 3.8) is 0 Å². The third kappa shape index (κ3) is 3.04. The molecular formula is C14H17BrN2O. The van der Waals surface area contributed by atoms with Gasteiger partial charge in [0.05, 0.1) is 17.2 Å². The van der Waals surface area contributed by atoms with Crippen LogP contribution >= 0.6 is 15.9 Å². The molecule has 96 valence electrons. The van der Waals surface area contributed by atoms with Crippen LogP contribution in [0.25, 0.3) is 0 Å². The highest BCUT2D eigenvalue weighted by atomic mass is 79.9. The minimum absolute atomic E-state index is 0.566. The summed E-state index contributed by atoms with van der Waals surface area (Å²) >= 11 is 3.41. The summed E-state index contributed by atoms with van der Waals surface area (Å²) in [7, 11) is 1.96. The van der Waals surface area contributed by atoms with Gasteiger partial charge in [-0.05, 0) is 31.0 Å². The fourth-order valence-corrected chi connectivity index (χ4v) is 3.06. The summed E-state index contributed by atoms with van der Waals surface area (Å²) in [5.74, 6) is 0. The van der Waals surface area contributed by atoms with E-state index in [9.17, 15) is 5.11 Å². The second-order valence-electron chi connectivity index (χ2n) is 5.10. The van der Waals surface area contributed by atoms with Gasteiger partial charge in [0.1, 0.15) is 0 Å². The Hall–Kier alpha value is -1.05. The van der Waals surface area contributed by atoms with Crippen LogP contribution in [0.2, 0.25) is 0 Å². The van der Waals surface area contributed by atoms with Gasteiger partial charge in [0.15, 0.2) is 0 Å². The minimum Gasteiger partial charge on any atom is -0.388 e. The Kier molecular flexibility index (Phi) is 3.94. The highest BCUT2D eigenvalue weighted by Crippen LogP contribution is 2.31. The molecule has 0 spiro atoms. The van der Waals surface area contributed by atoms with E-state index in [4.69, 9.17) is 5.26 Å². The lowest BCUT2D eigenvalue weighted by atomic mass is 10.0. The fourth-order valence-electron chi connectivity index (χ4n) is 2.58. The van der Waals surface area contributed by atoms with Crippen LogP contribution in [0.4, 0.5) is 5.69 Å². The lowest BCUT2D eigenvalue weighted by Gasteiger charge is -2.30. The normalized spacial score (nSPS) is 17.4. The molecule has 0 bridgehead atoms. The zero-order valence-corrected chi connectivity index (χ0v) is 12.1. The Morgan fingerprint density at radius 1 is 1.39 bits per heavy atom. The van der Waals surface area contributed by atoms with Crippen LogP contribution in [0.15, 0.2) is 22.7 Å². The number of benzene rings is 1.